The maximum Gasteiger partial charge on any atom is 0.314 e. The van der Waals surface area contributed by atoms with Gasteiger partial charge in [0, 0.05) is 57.1 Å². The lowest BCUT2D eigenvalue weighted by molar-refractivity contribution is 0.106. The zero-order chi connectivity index (χ0) is 16.7. The van der Waals surface area contributed by atoms with Crippen LogP contribution in [0.4, 0.5) is 4.79 Å². The summed E-state index contributed by atoms with van der Waals surface area (Å²) in [6.45, 7) is 13.2. The molecule has 1 fully saturated rings. The molecule has 0 saturated carbocycles. The number of likely N-dealkylation sites (N-methyl/N-ethyl adjacent to an activating group) is 1. The predicted octanol–water partition coefficient (Wildman–Crippen LogP) is 1.32. The van der Waals surface area contributed by atoms with Gasteiger partial charge in [-0.25, -0.2) is 9.78 Å². The molecule has 1 unspecified atom stereocenters. The molecular formula is C16H29N5OS. The van der Waals surface area contributed by atoms with E-state index in [1.165, 1.54) is 0 Å². The first-order valence-electron chi connectivity index (χ1n) is 8.47. The maximum absolute atomic E-state index is 11.9. The summed E-state index contributed by atoms with van der Waals surface area (Å²) >= 11 is 1.65. The number of nitrogens with zero attached hydrogens (tertiary/aromatic N) is 3. The molecule has 1 aromatic heterocycles. The van der Waals surface area contributed by atoms with Crippen LogP contribution in [0.3, 0.4) is 0 Å². The summed E-state index contributed by atoms with van der Waals surface area (Å²) in [4.78, 5) is 21.2. The Kier molecular flexibility index (Phi) is 7.26. The second-order valence-corrected chi connectivity index (χ2v) is 7.13. The molecule has 1 aliphatic heterocycles. The predicted molar refractivity (Wildman–Crippen MR) is 95.1 cm³/mol. The van der Waals surface area contributed by atoms with Crippen molar-refractivity contribution in [3.63, 3.8) is 0 Å². The summed E-state index contributed by atoms with van der Waals surface area (Å²) in [5.41, 5.74) is 1.05. The fourth-order valence-electron chi connectivity index (χ4n) is 2.78. The second kappa shape index (κ2) is 9.20. The van der Waals surface area contributed by atoms with E-state index < -0.39 is 0 Å². The summed E-state index contributed by atoms with van der Waals surface area (Å²) in [6, 6.07) is 0.289. The summed E-state index contributed by atoms with van der Waals surface area (Å²) < 4.78 is 0. The number of carbonyl (C=O) groups excluding carboxylic acids is 1. The number of amides is 2. The topological polar surface area (TPSA) is 60.5 Å². The zero-order valence-corrected chi connectivity index (χ0v) is 15.3. The van der Waals surface area contributed by atoms with E-state index in [0.29, 0.717) is 19.1 Å². The minimum atomic E-state index is -0.0870. The van der Waals surface area contributed by atoms with Gasteiger partial charge in [0.15, 0.2) is 0 Å². The zero-order valence-electron chi connectivity index (χ0n) is 14.5. The first kappa shape index (κ1) is 18.2. The van der Waals surface area contributed by atoms with E-state index in [-0.39, 0.29) is 6.03 Å². The average molecular weight is 340 g/mol. The third-order valence-electron chi connectivity index (χ3n) is 4.37. The van der Waals surface area contributed by atoms with Crippen LogP contribution in [0.2, 0.25) is 0 Å². The molecule has 1 saturated heterocycles. The van der Waals surface area contributed by atoms with Crippen LogP contribution in [0.5, 0.6) is 0 Å². The van der Waals surface area contributed by atoms with E-state index in [9.17, 15) is 4.79 Å². The molecule has 2 N–H and O–H groups in total. The van der Waals surface area contributed by atoms with E-state index in [1.54, 1.807) is 11.3 Å². The third-order valence-corrected chi connectivity index (χ3v) is 5.19. The fraction of sp³-hybridized carbons (Fsp3) is 0.750. The highest BCUT2D eigenvalue weighted by Crippen LogP contribution is 2.08. The number of piperazine rings is 1. The molecule has 6 nitrogen and oxygen atoms in total. The minimum Gasteiger partial charge on any atom is -0.338 e. The van der Waals surface area contributed by atoms with E-state index >= 15 is 0 Å². The number of rotatable bonds is 7. The highest BCUT2D eigenvalue weighted by Gasteiger charge is 2.20. The van der Waals surface area contributed by atoms with Gasteiger partial charge in [-0.1, -0.05) is 6.92 Å². The standard InChI is InChI=1S/C16H29N5OS/c1-4-20-7-9-21(10-8-20)13(2)11-18-16(22)17-6-5-15-12-23-14(3)19-15/h12-13H,4-11H2,1-3H3,(H2,17,18,22). The van der Waals surface area contributed by atoms with E-state index in [1.807, 2.05) is 12.3 Å². The molecule has 2 rings (SSSR count). The first-order chi connectivity index (χ1) is 11.1. The van der Waals surface area contributed by atoms with Gasteiger partial charge in [-0.2, -0.15) is 0 Å². The quantitative estimate of drug-likeness (QED) is 0.787. The molecule has 1 aliphatic rings. The molecule has 0 spiro atoms. The Labute approximate surface area is 143 Å². The molecule has 2 heterocycles. The van der Waals surface area contributed by atoms with Crippen LogP contribution in [-0.2, 0) is 6.42 Å². The lowest BCUT2D eigenvalue weighted by atomic mass is 10.2. The summed E-state index contributed by atoms with van der Waals surface area (Å²) in [5.74, 6) is 0. The van der Waals surface area contributed by atoms with Gasteiger partial charge in [-0.3, -0.25) is 4.90 Å². The SMILES string of the molecule is CCN1CCN(C(C)CNC(=O)NCCc2csc(C)n2)CC1. The Morgan fingerprint density at radius 3 is 2.70 bits per heavy atom. The van der Waals surface area contributed by atoms with Gasteiger partial charge < -0.3 is 15.5 Å². The van der Waals surface area contributed by atoms with Crippen LogP contribution in [0.25, 0.3) is 0 Å². The Bertz CT molecular complexity index is 485. The molecule has 1 atom stereocenters. The Morgan fingerprint density at radius 1 is 1.35 bits per heavy atom. The van der Waals surface area contributed by atoms with Crippen molar-refractivity contribution in [2.75, 3.05) is 45.8 Å². The van der Waals surface area contributed by atoms with Gasteiger partial charge in [0.05, 0.1) is 10.7 Å². The normalized spacial score (nSPS) is 17.9. The molecule has 0 radical (unpaired) electrons. The number of nitrogens with one attached hydrogen (secondary N) is 2. The van der Waals surface area contributed by atoms with Gasteiger partial charge >= 0.3 is 6.03 Å². The van der Waals surface area contributed by atoms with Crippen molar-refractivity contribution in [1.29, 1.82) is 0 Å². The van der Waals surface area contributed by atoms with Gasteiger partial charge in [-0.05, 0) is 20.4 Å². The van der Waals surface area contributed by atoms with Crippen LogP contribution >= 0.6 is 11.3 Å². The summed E-state index contributed by atoms with van der Waals surface area (Å²) in [5, 5.41) is 9.00. The molecule has 130 valence electrons. The van der Waals surface area contributed by atoms with E-state index in [2.05, 4.69) is 39.3 Å². The Balaban J connectivity index is 1.58. The molecule has 0 aromatic carbocycles. The largest absolute Gasteiger partial charge is 0.338 e. The molecule has 2 amide bonds. The van der Waals surface area contributed by atoms with Crippen molar-refractivity contribution in [3.8, 4) is 0 Å². The highest BCUT2D eigenvalue weighted by molar-refractivity contribution is 7.09. The van der Waals surface area contributed by atoms with Crippen LogP contribution in [0.1, 0.15) is 24.5 Å². The Morgan fingerprint density at radius 2 is 2.09 bits per heavy atom. The van der Waals surface area contributed by atoms with Gasteiger partial charge in [-0.15, -0.1) is 11.3 Å². The van der Waals surface area contributed by atoms with Crippen LogP contribution in [-0.4, -0.2) is 72.7 Å². The summed E-state index contributed by atoms with van der Waals surface area (Å²) in [6.07, 6.45) is 0.784. The third kappa shape index (κ3) is 6.08. The number of thiazole rings is 1. The maximum atomic E-state index is 11.9. The fourth-order valence-corrected chi connectivity index (χ4v) is 3.43. The average Bonchev–Trinajstić information content (AvgIpc) is 2.98. The number of hydrogen-bond acceptors (Lipinski definition) is 5. The van der Waals surface area contributed by atoms with Crippen molar-refractivity contribution in [1.82, 2.24) is 25.4 Å². The number of aryl methyl sites for hydroxylation is 1. The minimum absolute atomic E-state index is 0.0870. The molecule has 0 aliphatic carbocycles. The van der Waals surface area contributed by atoms with Crippen molar-refractivity contribution in [2.45, 2.75) is 33.2 Å². The molecule has 7 heteroatoms. The lowest BCUT2D eigenvalue weighted by Crippen LogP contribution is -2.52. The second-order valence-electron chi connectivity index (χ2n) is 6.06. The number of carbonyl (C=O) groups is 1. The van der Waals surface area contributed by atoms with Crippen molar-refractivity contribution >= 4 is 17.4 Å². The lowest BCUT2D eigenvalue weighted by Gasteiger charge is -2.37. The monoisotopic (exact) mass is 339 g/mol. The van der Waals surface area contributed by atoms with Crippen LogP contribution in [0.15, 0.2) is 5.38 Å². The Hall–Kier alpha value is -1.18. The van der Waals surface area contributed by atoms with E-state index in [0.717, 1.165) is 49.8 Å². The molecule has 1 aromatic rings. The molecular weight excluding hydrogens is 310 g/mol. The summed E-state index contributed by atoms with van der Waals surface area (Å²) in [7, 11) is 0. The molecule has 0 bridgehead atoms. The smallest absolute Gasteiger partial charge is 0.314 e. The van der Waals surface area contributed by atoms with Crippen molar-refractivity contribution in [3.05, 3.63) is 16.1 Å². The van der Waals surface area contributed by atoms with E-state index in [4.69, 9.17) is 0 Å². The molecule has 23 heavy (non-hydrogen) atoms. The van der Waals surface area contributed by atoms with Gasteiger partial charge in [0.2, 0.25) is 0 Å². The van der Waals surface area contributed by atoms with Crippen LogP contribution in [0, 0.1) is 6.92 Å². The number of urea groups is 1. The van der Waals surface area contributed by atoms with Crippen molar-refractivity contribution < 1.29 is 4.79 Å². The first-order valence-corrected chi connectivity index (χ1v) is 9.35. The highest BCUT2D eigenvalue weighted by atomic mass is 32.1. The number of aromatic nitrogens is 1. The number of hydrogen-bond donors (Lipinski definition) is 2. The van der Waals surface area contributed by atoms with Crippen LogP contribution < -0.4 is 10.6 Å². The van der Waals surface area contributed by atoms with Gasteiger partial charge in [0.1, 0.15) is 0 Å². The van der Waals surface area contributed by atoms with Gasteiger partial charge in [0.25, 0.3) is 0 Å². The van der Waals surface area contributed by atoms with Crippen molar-refractivity contribution in [2.24, 2.45) is 0 Å².